The van der Waals surface area contributed by atoms with Gasteiger partial charge in [-0.05, 0) is 6.07 Å². The van der Waals surface area contributed by atoms with Gasteiger partial charge >= 0.3 is 0 Å². The first kappa shape index (κ1) is 14.5. The first-order valence-electron chi connectivity index (χ1n) is 5.85. The molecule has 5 nitrogen and oxygen atoms in total. The van der Waals surface area contributed by atoms with Gasteiger partial charge in [-0.15, -0.1) is 0 Å². The molecule has 2 N–H and O–H groups in total. The molecule has 1 aromatic carbocycles. The number of hydrogen-bond acceptors (Lipinski definition) is 5. The summed E-state index contributed by atoms with van der Waals surface area (Å²) >= 11 is 0. The molecule has 0 heterocycles. The molecule has 0 radical (unpaired) electrons. The Morgan fingerprint density at radius 1 is 1.28 bits per heavy atom. The first-order valence-corrected chi connectivity index (χ1v) is 5.85. The van der Waals surface area contributed by atoms with Gasteiger partial charge in [0.05, 0.1) is 19.8 Å². The van der Waals surface area contributed by atoms with Crippen LogP contribution in [0.1, 0.15) is 5.56 Å². The van der Waals surface area contributed by atoms with E-state index in [2.05, 4.69) is 5.32 Å². The lowest BCUT2D eigenvalue weighted by Crippen LogP contribution is -2.20. The van der Waals surface area contributed by atoms with Crippen molar-refractivity contribution >= 4 is 0 Å². The van der Waals surface area contributed by atoms with Crippen molar-refractivity contribution in [3.05, 3.63) is 29.8 Å². The largest absolute Gasteiger partial charge is 0.478 e. The van der Waals surface area contributed by atoms with Crippen molar-refractivity contribution in [2.75, 3.05) is 33.0 Å². The highest BCUT2D eigenvalue weighted by atomic mass is 16.5. The zero-order valence-electron chi connectivity index (χ0n) is 10.3. The van der Waals surface area contributed by atoms with Crippen molar-refractivity contribution in [2.24, 2.45) is 0 Å². The van der Waals surface area contributed by atoms with Gasteiger partial charge in [0.25, 0.3) is 0 Å². The summed E-state index contributed by atoms with van der Waals surface area (Å²) in [6, 6.07) is 9.55. The Morgan fingerprint density at radius 2 is 2.11 bits per heavy atom. The van der Waals surface area contributed by atoms with E-state index in [9.17, 15) is 0 Å². The SMILES string of the molecule is N#CCOc1ccccc1CNCCOCCO. The summed E-state index contributed by atoms with van der Waals surface area (Å²) in [6.45, 7) is 2.38. The van der Waals surface area contributed by atoms with Gasteiger partial charge in [-0.2, -0.15) is 5.26 Å². The minimum Gasteiger partial charge on any atom is -0.478 e. The van der Waals surface area contributed by atoms with Crippen molar-refractivity contribution in [1.29, 1.82) is 5.26 Å². The minimum absolute atomic E-state index is 0.0465. The fourth-order valence-corrected chi connectivity index (χ4v) is 1.43. The van der Waals surface area contributed by atoms with Gasteiger partial charge in [-0.1, -0.05) is 18.2 Å². The lowest BCUT2D eigenvalue weighted by Gasteiger charge is -2.10. The Kier molecular flexibility index (Phi) is 7.57. The van der Waals surface area contributed by atoms with Crippen LogP contribution in [0.5, 0.6) is 5.75 Å². The van der Waals surface area contributed by atoms with E-state index in [1.165, 1.54) is 0 Å². The number of rotatable bonds is 9. The fourth-order valence-electron chi connectivity index (χ4n) is 1.43. The fraction of sp³-hybridized carbons (Fsp3) is 0.462. The molecule has 0 fully saturated rings. The predicted octanol–water partition coefficient (Wildman–Crippen LogP) is 0.687. The van der Waals surface area contributed by atoms with E-state index in [-0.39, 0.29) is 13.2 Å². The summed E-state index contributed by atoms with van der Waals surface area (Å²) in [6.07, 6.45) is 0. The monoisotopic (exact) mass is 250 g/mol. The van der Waals surface area contributed by atoms with E-state index in [0.29, 0.717) is 26.3 Å². The topological polar surface area (TPSA) is 74.5 Å². The van der Waals surface area contributed by atoms with Gasteiger partial charge in [-0.3, -0.25) is 0 Å². The maximum Gasteiger partial charge on any atom is 0.174 e. The second-order valence-corrected chi connectivity index (χ2v) is 3.57. The molecule has 0 aliphatic rings. The molecule has 1 rings (SSSR count). The highest BCUT2D eigenvalue weighted by Gasteiger charge is 2.01. The first-order chi connectivity index (χ1) is 8.88. The number of nitrogens with zero attached hydrogens (tertiary/aromatic N) is 1. The van der Waals surface area contributed by atoms with E-state index in [0.717, 1.165) is 11.3 Å². The second-order valence-electron chi connectivity index (χ2n) is 3.57. The number of hydrogen-bond donors (Lipinski definition) is 2. The van der Waals surface area contributed by atoms with Crippen LogP contribution in [0.15, 0.2) is 24.3 Å². The van der Waals surface area contributed by atoms with Crippen LogP contribution < -0.4 is 10.1 Å². The Hall–Kier alpha value is -1.61. The molecule has 5 heteroatoms. The smallest absolute Gasteiger partial charge is 0.174 e. The third kappa shape index (κ3) is 5.64. The van der Waals surface area contributed by atoms with Crippen LogP contribution in [-0.4, -0.2) is 38.1 Å². The molecule has 0 aromatic heterocycles. The zero-order chi connectivity index (χ0) is 13.1. The Balaban J connectivity index is 2.30. The van der Waals surface area contributed by atoms with Gasteiger partial charge in [0.15, 0.2) is 6.61 Å². The van der Waals surface area contributed by atoms with Crippen molar-refractivity contribution in [3.63, 3.8) is 0 Å². The number of para-hydroxylation sites is 1. The van der Waals surface area contributed by atoms with Crippen LogP contribution in [0.25, 0.3) is 0 Å². The number of aliphatic hydroxyl groups excluding tert-OH is 1. The maximum atomic E-state index is 8.53. The van der Waals surface area contributed by atoms with Gasteiger partial charge in [0.2, 0.25) is 0 Å². The number of ether oxygens (including phenoxy) is 2. The lowest BCUT2D eigenvalue weighted by molar-refractivity contribution is 0.0937. The Morgan fingerprint density at radius 3 is 2.89 bits per heavy atom. The molecule has 0 saturated carbocycles. The number of nitrogens with one attached hydrogen (secondary N) is 1. The van der Waals surface area contributed by atoms with Gasteiger partial charge in [-0.25, -0.2) is 0 Å². The third-order valence-corrected chi connectivity index (χ3v) is 2.24. The number of benzene rings is 1. The second kappa shape index (κ2) is 9.42. The van der Waals surface area contributed by atoms with E-state index < -0.39 is 0 Å². The molecular weight excluding hydrogens is 232 g/mol. The molecule has 0 spiro atoms. The standard InChI is InChI=1S/C13H18N2O3/c14-5-8-18-13-4-2-1-3-12(13)11-15-6-9-17-10-7-16/h1-4,15-16H,6-11H2. The lowest BCUT2D eigenvalue weighted by atomic mass is 10.2. The normalized spacial score (nSPS) is 10.0. The van der Waals surface area contributed by atoms with Crippen molar-refractivity contribution in [3.8, 4) is 11.8 Å². The van der Waals surface area contributed by atoms with Crippen molar-refractivity contribution < 1.29 is 14.6 Å². The number of aliphatic hydroxyl groups is 1. The summed E-state index contributed by atoms with van der Waals surface area (Å²) in [5.41, 5.74) is 1.01. The molecular formula is C13H18N2O3. The maximum absolute atomic E-state index is 8.53. The van der Waals surface area contributed by atoms with Crippen LogP contribution in [0.3, 0.4) is 0 Å². The van der Waals surface area contributed by atoms with Crippen LogP contribution in [-0.2, 0) is 11.3 Å². The van der Waals surface area contributed by atoms with E-state index in [4.69, 9.17) is 19.8 Å². The molecule has 98 valence electrons. The van der Waals surface area contributed by atoms with Gasteiger partial charge < -0.3 is 19.9 Å². The Labute approximate surface area is 107 Å². The van der Waals surface area contributed by atoms with Gasteiger partial charge in [0.1, 0.15) is 11.8 Å². The van der Waals surface area contributed by atoms with Crippen LogP contribution in [0, 0.1) is 11.3 Å². The summed E-state index contributed by atoms with van der Waals surface area (Å²) < 4.78 is 10.4. The third-order valence-electron chi connectivity index (χ3n) is 2.24. The van der Waals surface area contributed by atoms with Gasteiger partial charge in [0, 0.05) is 18.7 Å². The molecule has 0 bridgehead atoms. The number of nitriles is 1. The van der Waals surface area contributed by atoms with Crippen LogP contribution >= 0.6 is 0 Å². The molecule has 1 aromatic rings. The molecule has 0 saturated heterocycles. The summed E-state index contributed by atoms with van der Waals surface area (Å²) in [5.74, 6) is 0.725. The summed E-state index contributed by atoms with van der Waals surface area (Å²) in [5, 5.41) is 20.2. The van der Waals surface area contributed by atoms with Crippen molar-refractivity contribution in [1.82, 2.24) is 5.32 Å². The minimum atomic E-state index is 0.0465. The zero-order valence-corrected chi connectivity index (χ0v) is 10.3. The molecule has 18 heavy (non-hydrogen) atoms. The predicted molar refractivity (Wildman–Crippen MR) is 67.2 cm³/mol. The average Bonchev–Trinajstić information content (AvgIpc) is 2.41. The van der Waals surface area contributed by atoms with Crippen LogP contribution in [0.2, 0.25) is 0 Å². The molecule has 0 amide bonds. The molecule has 0 aliphatic heterocycles. The highest BCUT2D eigenvalue weighted by Crippen LogP contribution is 2.17. The molecule has 0 atom stereocenters. The van der Waals surface area contributed by atoms with E-state index in [1.54, 1.807) is 0 Å². The average molecular weight is 250 g/mol. The van der Waals surface area contributed by atoms with Crippen molar-refractivity contribution in [2.45, 2.75) is 6.54 Å². The summed E-state index contributed by atoms with van der Waals surface area (Å²) in [4.78, 5) is 0. The van der Waals surface area contributed by atoms with E-state index in [1.807, 2.05) is 30.3 Å². The van der Waals surface area contributed by atoms with Crippen LogP contribution in [0.4, 0.5) is 0 Å². The quantitative estimate of drug-likeness (QED) is 0.631. The molecule has 0 unspecified atom stereocenters. The van der Waals surface area contributed by atoms with E-state index >= 15 is 0 Å². The summed E-state index contributed by atoms with van der Waals surface area (Å²) in [7, 11) is 0. The Bertz CT molecular complexity index is 377. The highest BCUT2D eigenvalue weighted by molar-refractivity contribution is 5.33. The molecule has 0 aliphatic carbocycles.